The first-order valence-corrected chi connectivity index (χ1v) is 5.94. The fraction of sp³-hybridized carbons (Fsp3) is 0.250. The number of carbonyl (C=O) groups is 1. The van der Waals surface area contributed by atoms with Crippen molar-refractivity contribution in [2.75, 3.05) is 0 Å². The van der Waals surface area contributed by atoms with Crippen LogP contribution in [0, 0.1) is 3.57 Å². The molecule has 0 amide bonds. The molecule has 1 aromatic heterocycles. The van der Waals surface area contributed by atoms with Crippen LogP contribution in [0.25, 0.3) is 0 Å². The number of carboxylic acids is 1. The first-order chi connectivity index (χ1) is 6.97. The lowest BCUT2D eigenvalue weighted by atomic mass is 10.2. The Kier molecular flexibility index (Phi) is 4.38. The van der Waals surface area contributed by atoms with Crippen LogP contribution >= 0.6 is 38.5 Å². The van der Waals surface area contributed by atoms with E-state index in [2.05, 4.69) is 20.9 Å². The van der Waals surface area contributed by atoms with Crippen LogP contribution in [-0.4, -0.2) is 16.1 Å². The summed E-state index contributed by atoms with van der Waals surface area (Å²) in [5.74, 6) is -1.16. The van der Waals surface area contributed by atoms with Gasteiger partial charge in [-0.2, -0.15) is 0 Å². The molecular weight excluding hydrogens is 387 g/mol. The minimum atomic E-state index is -2.70. The van der Waals surface area contributed by atoms with Gasteiger partial charge in [0.05, 0.1) is 11.3 Å². The summed E-state index contributed by atoms with van der Waals surface area (Å²) < 4.78 is 25.0. The van der Waals surface area contributed by atoms with Crippen LogP contribution in [-0.2, 0) is 5.33 Å². The number of hydrogen-bond donors (Lipinski definition) is 1. The van der Waals surface area contributed by atoms with Gasteiger partial charge in [-0.3, -0.25) is 0 Å². The zero-order valence-corrected chi connectivity index (χ0v) is 10.9. The van der Waals surface area contributed by atoms with Crippen LogP contribution < -0.4 is 0 Å². The van der Waals surface area contributed by atoms with Gasteiger partial charge in [-0.25, -0.2) is 18.6 Å². The smallest absolute Gasteiger partial charge is 0.338 e. The number of pyridine rings is 1. The van der Waals surface area contributed by atoms with E-state index in [0.717, 1.165) is 6.07 Å². The average molecular weight is 392 g/mol. The van der Waals surface area contributed by atoms with E-state index < -0.39 is 18.1 Å². The van der Waals surface area contributed by atoms with Gasteiger partial charge in [-0.15, -0.1) is 0 Å². The van der Waals surface area contributed by atoms with Crippen LogP contribution in [0.5, 0.6) is 0 Å². The molecule has 0 saturated carbocycles. The van der Waals surface area contributed by atoms with Crippen molar-refractivity contribution in [3.05, 3.63) is 26.6 Å². The molecule has 0 bridgehead atoms. The van der Waals surface area contributed by atoms with E-state index in [1.807, 2.05) is 0 Å². The molecule has 0 fully saturated rings. The van der Waals surface area contributed by atoms with Crippen molar-refractivity contribution >= 4 is 44.5 Å². The summed E-state index contributed by atoms with van der Waals surface area (Å²) in [5.41, 5.74) is -0.319. The first kappa shape index (κ1) is 12.8. The summed E-state index contributed by atoms with van der Waals surface area (Å²) in [7, 11) is 0. The van der Waals surface area contributed by atoms with Gasteiger partial charge in [0.2, 0.25) is 0 Å². The highest BCUT2D eigenvalue weighted by Crippen LogP contribution is 2.24. The Bertz CT molecular complexity index is 400. The molecule has 7 heteroatoms. The predicted molar refractivity (Wildman–Crippen MR) is 61.5 cm³/mol. The minimum absolute atomic E-state index is 0.0307. The minimum Gasteiger partial charge on any atom is -0.478 e. The molecule has 0 unspecified atom stereocenters. The van der Waals surface area contributed by atoms with Crippen LogP contribution in [0.15, 0.2) is 6.07 Å². The maximum Gasteiger partial charge on any atom is 0.338 e. The van der Waals surface area contributed by atoms with Gasteiger partial charge in [0.1, 0.15) is 5.69 Å². The molecule has 0 atom stereocenters. The van der Waals surface area contributed by atoms with Gasteiger partial charge in [0.15, 0.2) is 0 Å². The molecule has 15 heavy (non-hydrogen) atoms. The van der Waals surface area contributed by atoms with E-state index in [9.17, 15) is 13.6 Å². The molecule has 1 aromatic rings. The van der Waals surface area contributed by atoms with E-state index in [1.165, 1.54) is 0 Å². The summed E-state index contributed by atoms with van der Waals surface area (Å²) >= 11 is 4.73. The molecule has 0 spiro atoms. The Labute approximate surface area is 106 Å². The second-order valence-corrected chi connectivity index (χ2v) is 4.31. The van der Waals surface area contributed by atoms with Crippen LogP contribution in [0.2, 0.25) is 0 Å². The van der Waals surface area contributed by atoms with Gasteiger partial charge < -0.3 is 5.11 Å². The monoisotopic (exact) mass is 391 g/mol. The van der Waals surface area contributed by atoms with Gasteiger partial charge in [0.25, 0.3) is 6.43 Å². The van der Waals surface area contributed by atoms with Gasteiger partial charge >= 0.3 is 5.97 Å². The van der Waals surface area contributed by atoms with E-state index in [1.54, 1.807) is 22.6 Å². The molecule has 0 radical (unpaired) electrons. The molecule has 0 saturated heterocycles. The highest BCUT2D eigenvalue weighted by atomic mass is 127. The Morgan fingerprint density at radius 2 is 2.27 bits per heavy atom. The quantitative estimate of drug-likeness (QED) is 0.635. The summed E-state index contributed by atoms with van der Waals surface area (Å²) in [4.78, 5) is 14.4. The third-order valence-electron chi connectivity index (χ3n) is 1.63. The third kappa shape index (κ3) is 2.83. The fourth-order valence-corrected chi connectivity index (χ4v) is 2.28. The van der Waals surface area contributed by atoms with Crippen molar-refractivity contribution in [2.24, 2.45) is 0 Å². The number of alkyl halides is 3. The van der Waals surface area contributed by atoms with E-state index >= 15 is 0 Å². The lowest BCUT2D eigenvalue weighted by Gasteiger charge is -2.07. The topological polar surface area (TPSA) is 50.2 Å². The van der Waals surface area contributed by atoms with Crippen LogP contribution in [0.4, 0.5) is 8.78 Å². The van der Waals surface area contributed by atoms with E-state index in [-0.39, 0.29) is 20.2 Å². The Morgan fingerprint density at radius 3 is 2.67 bits per heavy atom. The molecule has 1 rings (SSSR count). The van der Waals surface area contributed by atoms with Gasteiger partial charge in [-0.1, -0.05) is 15.9 Å². The standard InChI is InChI=1S/C8H5BrF2INO2/c9-2-5-6(8(14)15)3(12)1-4(13-5)7(10)11/h1,7H,2H2,(H,14,15). The zero-order chi connectivity index (χ0) is 11.6. The number of rotatable bonds is 3. The number of aromatic carboxylic acids is 1. The Hall–Kier alpha value is -0.310. The predicted octanol–water partition coefficient (Wildman–Crippen LogP) is 3.22. The number of aromatic nitrogens is 1. The summed E-state index contributed by atoms with van der Waals surface area (Å²) in [6.07, 6.45) is -2.70. The van der Waals surface area contributed by atoms with E-state index in [0.29, 0.717) is 0 Å². The highest BCUT2D eigenvalue weighted by molar-refractivity contribution is 14.1. The number of carboxylic acid groups (broad SMARTS) is 1. The second-order valence-electron chi connectivity index (χ2n) is 2.59. The molecule has 82 valence electrons. The van der Waals surface area contributed by atoms with E-state index in [4.69, 9.17) is 5.11 Å². The van der Waals surface area contributed by atoms with Gasteiger partial charge in [0, 0.05) is 8.90 Å². The molecule has 0 aliphatic carbocycles. The van der Waals surface area contributed by atoms with Gasteiger partial charge in [-0.05, 0) is 28.7 Å². The number of nitrogens with zero attached hydrogens (tertiary/aromatic N) is 1. The molecule has 1 N–H and O–H groups in total. The van der Waals surface area contributed by atoms with Crippen LogP contribution in [0.3, 0.4) is 0 Å². The average Bonchev–Trinajstić information content (AvgIpc) is 2.15. The normalized spacial score (nSPS) is 10.7. The van der Waals surface area contributed by atoms with Crippen molar-refractivity contribution in [1.29, 1.82) is 0 Å². The fourth-order valence-electron chi connectivity index (χ4n) is 1.02. The second kappa shape index (κ2) is 5.15. The van der Waals surface area contributed by atoms with Crippen molar-refractivity contribution in [3.8, 4) is 0 Å². The molecule has 0 aliphatic rings. The Balaban J connectivity index is 3.37. The maximum atomic E-state index is 12.4. The maximum absolute atomic E-state index is 12.4. The largest absolute Gasteiger partial charge is 0.478 e. The zero-order valence-electron chi connectivity index (χ0n) is 7.18. The number of hydrogen-bond acceptors (Lipinski definition) is 2. The molecule has 0 aliphatic heterocycles. The molecule has 1 heterocycles. The van der Waals surface area contributed by atoms with Crippen LogP contribution in [0.1, 0.15) is 28.2 Å². The van der Waals surface area contributed by atoms with Crippen molar-refractivity contribution in [2.45, 2.75) is 11.8 Å². The highest BCUT2D eigenvalue weighted by Gasteiger charge is 2.19. The van der Waals surface area contributed by atoms with Crippen molar-refractivity contribution < 1.29 is 18.7 Å². The summed E-state index contributed by atoms with van der Waals surface area (Å²) in [6.45, 7) is 0. The van der Waals surface area contributed by atoms with Crippen molar-refractivity contribution in [3.63, 3.8) is 0 Å². The first-order valence-electron chi connectivity index (χ1n) is 3.74. The lowest BCUT2D eigenvalue weighted by molar-refractivity contribution is 0.0693. The SMILES string of the molecule is O=C(O)c1c(I)cc(C(F)F)nc1CBr. The number of halogens is 4. The summed E-state index contributed by atoms with van der Waals surface area (Å²) in [5, 5.41) is 8.98. The van der Waals surface area contributed by atoms with Crippen molar-refractivity contribution in [1.82, 2.24) is 4.98 Å². The molecular formula is C8H5BrF2INO2. The molecule has 3 nitrogen and oxygen atoms in total. The molecule has 0 aromatic carbocycles. The third-order valence-corrected chi connectivity index (χ3v) is 3.01. The Morgan fingerprint density at radius 1 is 1.67 bits per heavy atom. The summed E-state index contributed by atoms with van der Waals surface area (Å²) in [6, 6.07) is 1.08. The lowest BCUT2D eigenvalue weighted by Crippen LogP contribution is -2.09.